The molecule has 0 radical (unpaired) electrons. The predicted octanol–water partition coefficient (Wildman–Crippen LogP) is 1.36. The van der Waals surface area contributed by atoms with Gasteiger partial charge < -0.3 is 21.1 Å². The molecule has 4 N–H and O–H groups in total. The van der Waals surface area contributed by atoms with Crippen molar-refractivity contribution in [1.82, 2.24) is 10.6 Å². The molecule has 1 aromatic rings. The van der Waals surface area contributed by atoms with E-state index in [1.807, 2.05) is 30.3 Å². The summed E-state index contributed by atoms with van der Waals surface area (Å²) in [7, 11) is 0. The normalized spacial score (nSPS) is 13.4. The molecule has 0 aliphatic rings. The van der Waals surface area contributed by atoms with Crippen molar-refractivity contribution in [3.8, 4) is 0 Å². The summed E-state index contributed by atoms with van der Waals surface area (Å²) in [5.41, 5.74) is 5.51. The molecule has 1 aromatic carbocycles. The summed E-state index contributed by atoms with van der Waals surface area (Å²) in [4.78, 5) is 35.4. The smallest absolute Gasteiger partial charge is 0.407 e. The fraction of sp³-hybridized carbons (Fsp3) is 0.500. The molecule has 3 amide bonds. The van der Waals surface area contributed by atoms with Crippen molar-refractivity contribution >= 4 is 17.9 Å². The number of hydrogen-bond acceptors (Lipinski definition) is 4. The number of nitrogens with two attached hydrogens (primary N) is 1. The van der Waals surface area contributed by atoms with Gasteiger partial charge in [-0.15, -0.1) is 0 Å². The van der Waals surface area contributed by atoms with Gasteiger partial charge in [0.25, 0.3) is 0 Å². The van der Waals surface area contributed by atoms with Gasteiger partial charge in [-0.1, -0.05) is 30.3 Å². The Morgan fingerprint density at radius 2 is 1.76 bits per heavy atom. The second kappa shape index (κ2) is 9.05. The number of hydrogen-bond donors (Lipinski definition) is 3. The Kier molecular flexibility index (Phi) is 7.42. The predicted molar refractivity (Wildman–Crippen MR) is 94.7 cm³/mol. The lowest BCUT2D eigenvalue weighted by atomic mass is 9.98. The molecule has 0 heterocycles. The zero-order valence-corrected chi connectivity index (χ0v) is 15.2. The van der Waals surface area contributed by atoms with Crippen LogP contribution in [0.3, 0.4) is 0 Å². The Morgan fingerprint density at radius 1 is 1.16 bits per heavy atom. The number of carbonyl (C=O) groups is 3. The van der Waals surface area contributed by atoms with E-state index in [9.17, 15) is 14.4 Å². The summed E-state index contributed by atoms with van der Waals surface area (Å²) in [6.07, 6.45) is -0.185. The molecule has 0 aromatic heterocycles. The molecule has 0 fully saturated rings. The largest absolute Gasteiger partial charge is 0.444 e. The number of alkyl carbamates (subject to hydrolysis) is 1. The van der Waals surface area contributed by atoms with Gasteiger partial charge in [0.2, 0.25) is 11.8 Å². The van der Waals surface area contributed by atoms with Gasteiger partial charge >= 0.3 is 6.09 Å². The second-order valence-electron chi connectivity index (χ2n) is 6.90. The van der Waals surface area contributed by atoms with E-state index in [1.165, 1.54) is 6.92 Å². The zero-order chi connectivity index (χ0) is 19.0. The van der Waals surface area contributed by atoms with Gasteiger partial charge in [-0.2, -0.15) is 0 Å². The quantitative estimate of drug-likeness (QED) is 0.690. The lowest BCUT2D eigenvalue weighted by molar-refractivity contribution is -0.129. The highest BCUT2D eigenvalue weighted by molar-refractivity contribution is 5.87. The SMILES string of the molecule is C[C@@H](NC(=O)[C@H](CNC(=O)OC(C)(C)C)Cc1ccccc1)C(N)=O. The van der Waals surface area contributed by atoms with Crippen molar-refractivity contribution in [2.24, 2.45) is 11.7 Å². The van der Waals surface area contributed by atoms with Gasteiger partial charge in [-0.25, -0.2) is 4.79 Å². The average Bonchev–Trinajstić information content (AvgIpc) is 2.50. The molecule has 0 unspecified atom stereocenters. The standard InChI is InChI=1S/C18H27N3O4/c1-12(15(19)22)21-16(23)14(10-13-8-6-5-7-9-13)11-20-17(24)25-18(2,3)4/h5-9,12,14H,10-11H2,1-4H3,(H2,19,22)(H,20,24)(H,21,23)/t12-,14+/m1/s1. The number of primary amides is 1. The van der Waals surface area contributed by atoms with E-state index in [1.54, 1.807) is 20.8 Å². The maximum Gasteiger partial charge on any atom is 0.407 e. The summed E-state index contributed by atoms with van der Waals surface area (Å²) >= 11 is 0. The number of ether oxygens (including phenoxy) is 1. The summed E-state index contributed by atoms with van der Waals surface area (Å²) in [5, 5.41) is 5.17. The van der Waals surface area contributed by atoms with Gasteiger partial charge in [0, 0.05) is 6.54 Å². The van der Waals surface area contributed by atoms with Gasteiger partial charge in [0.1, 0.15) is 11.6 Å². The lowest BCUT2D eigenvalue weighted by Crippen LogP contribution is -2.48. The van der Waals surface area contributed by atoms with Crippen LogP contribution in [0.4, 0.5) is 4.79 Å². The van der Waals surface area contributed by atoms with Gasteiger partial charge in [0.15, 0.2) is 0 Å². The van der Waals surface area contributed by atoms with Crippen LogP contribution < -0.4 is 16.4 Å². The zero-order valence-electron chi connectivity index (χ0n) is 15.2. The number of nitrogens with one attached hydrogen (secondary N) is 2. The monoisotopic (exact) mass is 349 g/mol. The summed E-state index contributed by atoms with van der Waals surface area (Å²) in [6.45, 7) is 6.88. The highest BCUT2D eigenvalue weighted by Crippen LogP contribution is 2.10. The van der Waals surface area contributed by atoms with Crippen LogP contribution in [0.2, 0.25) is 0 Å². The minimum Gasteiger partial charge on any atom is -0.444 e. The molecule has 1 rings (SSSR count). The lowest BCUT2D eigenvalue weighted by Gasteiger charge is -2.22. The molecular weight excluding hydrogens is 322 g/mol. The Balaban J connectivity index is 2.75. The minimum atomic E-state index is -0.785. The van der Waals surface area contributed by atoms with Crippen molar-refractivity contribution in [2.75, 3.05) is 6.54 Å². The number of rotatable bonds is 7. The number of benzene rings is 1. The molecule has 138 valence electrons. The third-order valence-corrected chi connectivity index (χ3v) is 3.37. The van der Waals surface area contributed by atoms with E-state index in [2.05, 4.69) is 10.6 Å². The Hall–Kier alpha value is -2.57. The van der Waals surface area contributed by atoms with Crippen LogP contribution in [0.25, 0.3) is 0 Å². The van der Waals surface area contributed by atoms with Crippen LogP contribution in [0.15, 0.2) is 30.3 Å². The van der Waals surface area contributed by atoms with Crippen LogP contribution in [0.1, 0.15) is 33.3 Å². The van der Waals surface area contributed by atoms with E-state index in [0.717, 1.165) is 5.56 Å². The van der Waals surface area contributed by atoms with Crippen LogP contribution in [0.5, 0.6) is 0 Å². The molecule has 0 saturated heterocycles. The van der Waals surface area contributed by atoms with Crippen LogP contribution in [-0.2, 0) is 20.7 Å². The Labute approximate surface area is 148 Å². The van der Waals surface area contributed by atoms with Crippen LogP contribution in [-0.4, -0.2) is 36.1 Å². The Bertz CT molecular complexity index is 596. The van der Waals surface area contributed by atoms with E-state index >= 15 is 0 Å². The molecule has 0 spiro atoms. The van der Waals surface area contributed by atoms with Gasteiger partial charge in [-0.3, -0.25) is 9.59 Å². The van der Waals surface area contributed by atoms with Crippen molar-refractivity contribution in [2.45, 2.75) is 45.8 Å². The van der Waals surface area contributed by atoms with Crippen molar-refractivity contribution < 1.29 is 19.1 Å². The topological polar surface area (TPSA) is 111 Å². The third-order valence-electron chi connectivity index (χ3n) is 3.37. The second-order valence-corrected chi connectivity index (χ2v) is 6.90. The summed E-state index contributed by atoms with van der Waals surface area (Å²) in [6, 6.07) is 8.63. The van der Waals surface area contributed by atoms with Crippen molar-refractivity contribution in [3.63, 3.8) is 0 Å². The fourth-order valence-corrected chi connectivity index (χ4v) is 2.08. The van der Waals surface area contributed by atoms with E-state index in [-0.39, 0.29) is 12.5 Å². The van der Waals surface area contributed by atoms with Crippen LogP contribution >= 0.6 is 0 Å². The maximum atomic E-state index is 12.4. The highest BCUT2D eigenvalue weighted by Gasteiger charge is 2.24. The number of carbonyl (C=O) groups excluding carboxylic acids is 3. The van der Waals surface area contributed by atoms with Gasteiger partial charge in [-0.05, 0) is 39.7 Å². The highest BCUT2D eigenvalue weighted by atomic mass is 16.6. The van der Waals surface area contributed by atoms with Crippen LogP contribution in [0, 0.1) is 5.92 Å². The minimum absolute atomic E-state index is 0.0844. The van der Waals surface area contributed by atoms with E-state index < -0.39 is 29.6 Å². The number of amides is 3. The Morgan fingerprint density at radius 3 is 2.28 bits per heavy atom. The molecule has 7 heteroatoms. The van der Waals surface area contributed by atoms with E-state index in [4.69, 9.17) is 10.5 Å². The fourth-order valence-electron chi connectivity index (χ4n) is 2.08. The first-order valence-electron chi connectivity index (χ1n) is 8.19. The average molecular weight is 349 g/mol. The first-order valence-corrected chi connectivity index (χ1v) is 8.19. The molecule has 25 heavy (non-hydrogen) atoms. The van der Waals surface area contributed by atoms with E-state index in [0.29, 0.717) is 6.42 Å². The first kappa shape index (κ1) is 20.5. The third kappa shape index (κ3) is 8.19. The molecule has 0 saturated carbocycles. The molecule has 2 atom stereocenters. The first-order chi connectivity index (χ1) is 11.6. The summed E-state index contributed by atoms with van der Waals surface area (Å²) < 4.78 is 5.18. The van der Waals surface area contributed by atoms with Crippen molar-refractivity contribution in [3.05, 3.63) is 35.9 Å². The molecule has 0 aliphatic carbocycles. The molecular formula is C18H27N3O4. The van der Waals surface area contributed by atoms with Crippen molar-refractivity contribution in [1.29, 1.82) is 0 Å². The molecule has 0 bridgehead atoms. The molecule has 7 nitrogen and oxygen atoms in total. The van der Waals surface area contributed by atoms with Gasteiger partial charge in [0.05, 0.1) is 5.92 Å². The molecule has 0 aliphatic heterocycles. The summed E-state index contributed by atoms with van der Waals surface area (Å²) in [5.74, 6) is -1.53. The maximum absolute atomic E-state index is 12.4.